The van der Waals surface area contributed by atoms with Gasteiger partial charge in [0.25, 0.3) is 0 Å². The standard InChI is InChI=1S/C17H21NO5/c1-22-13-8-9(17(20)21)7-12(15(13)23-2)18-16(19)14-10-5-3-4-6-11(10)14/h7-8,10-11,14H,3-6H2,1-2H3,(H,18,19)(H,20,21). The number of carbonyl (C=O) groups excluding carboxylic acids is 1. The van der Waals surface area contributed by atoms with Gasteiger partial charge in [0.05, 0.1) is 25.5 Å². The van der Waals surface area contributed by atoms with Crippen molar-refractivity contribution in [2.45, 2.75) is 25.7 Å². The smallest absolute Gasteiger partial charge is 0.335 e. The van der Waals surface area contributed by atoms with E-state index < -0.39 is 5.97 Å². The Morgan fingerprint density at radius 1 is 1.13 bits per heavy atom. The monoisotopic (exact) mass is 319 g/mol. The molecule has 2 atom stereocenters. The van der Waals surface area contributed by atoms with Crippen LogP contribution in [0.1, 0.15) is 36.0 Å². The molecule has 1 amide bonds. The van der Waals surface area contributed by atoms with Crippen molar-refractivity contribution in [1.82, 2.24) is 0 Å². The number of nitrogens with one attached hydrogen (secondary N) is 1. The Bertz CT molecular complexity index is 630. The number of hydrogen-bond donors (Lipinski definition) is 2. The molecule has 0 spiro atoms. The molecule has 124 valence electrons. The Morgan fingerprint density at radius 3 is 2.30 bits per heavy atom. The Labute approximate surface area is 134 Å². The van der Waals surface area contributed by atoms with E-state index in [1.165, 1.54) is 39.2 Å². The van der Waals surface area contributed by atoms with E-state index in [1.54, 1.807) is 0 Å². The molecule has 1 aromatic carbocycles. The van der Waals surface area contributed by atoms with Crippen molar-refractivity contribution in [1.29, 1.82) is 0 Å². The second-order valence-electron chi connectivity index (χ2n) is 6.19. The van der Waals surface area contributed by atoms with Crippen molar-refractivity contribution in [3.63, 3.8) is 0 Å². The number of carboxylic acids is 1. The lowest BCUT2D eigenvalue weighted by Gasteiger charge is -2.15. The molecule has 0 heterocycles. The molecule has 0 bridgehead atoms. The SMILES string of the molecule is COc1cc(C(=O)O)cc(NC(=O)C2C3CCCCC32)c1OC. The van der Waals surface area contributed by atoms with Crippen LogP contribution >= 0.6 is 0 Å². The van der Waals surface area contributed by atoms with Gasteiger partial charge in [-0.3, -0.25) is 4.79 Å². The summed E-state index contributed by atoms with van der Waals surface area (Å²) in [6.07, 6.45) is 4.60. The maximum Gasteiger partial charge on any atom is 0.335 e. The molecule has 6 nitrogen and oxygen atoms in total. The number of amides is 1. The molecule has 6 heteroatoms. The highest BCUT2D eigenvalue weighted by atomic mass is 16.5. The van der Waals surface area contributed by atoms with Crippen LogP contribution in [0, 0.1) is 17.8 Å². The van der Waals surface area contributed by atoms with Crippen molar-refractivity contribution in [3.8, 4) is 11.5 Å². The first kappa shape index (κ1) is 15.6. The van der Waals surface area contributed by atoms with E-state index in [0.717, 1.165) is 12.8 Å². The molecule has 0 aliphatic heterocycles. The number of rotatable bonds is 5. The van der Waals surface area contributed by atoms with Crippen LogP contribution in [0.15, 0.2) is 12.1 Å². The Morgan fingerprint density at radius 2 is 1.78 bits per heavy atom. The van der Waals surface area contributed by atoms with Gasteiger partial charge >= 0.3 is 5.97 Å². The maximum atomic E-state index is 12.5. The van der Waals surface area contributed by atoms with E-state index >= 15 is 0 Å². The number of carbonyl (C=O) groups is 2. The number of carboxylic acid groups (broad SMARTS) is 1. The van der Waals surface area contributed by atoms with Crippen LogP contribution in [0.3, 0.4) is 0 Å². The van der Waals surface area contributed by atoms with Crippen molar-refractivity contribution in [2.75, 3.05) is 19.5 Å². The average molecular weight is 319 g/mol. The predicted octanol–water partition coefficient (Wildman–Crippen LogP) is 2.78. The van der Waals surface area contributed by atoms with Crippen LogP contribution in [0.5, 0.6) is 11.5 Å². The predicted molar refractivity (Wildman–Crippen MR) is 84.1 cm³/mol. The Hall–Kier alpha value is -2.24. The summed E-state index contributed by atoms with van der Waals surface area (Å²) >= 11 is 0. The summed E-state index contributed by atoms with van der Waals surface area (Å²) in [6.45, 7) is 0. The summed E-state index contributed by atoms with van der Waals surface area (Å²) in [5.41, 5.74) is 0.393. The van der Waals surface area contributed by atoms with Crippen molar-refractivity contribution >= 4 is 17.6 Å². The molecule has 1 aromatic rings. The van der Waals surface area contributed by atoms with Gasteiger partial charge in [0, 0.05) is 5.92 Å². The molecular weight excluding hydrogens is 298 g/mol. The molecule has 2 aliphatic rings. The molecule has 23 heavy (non-hydrogen) atoms. The van der Waals surface area contributed by atoms with Gasteiger partial charge in [-0.1, -0.05) is 12.8 Å². The Balaban J connectivity index is 1.84. The van der Waals surface area contributed by atoms with E-state index in [-0.39, 0.29) is 23.1 Å². The molecule has 2 N–H and O–H groups in total. The van der Waals surface area contributed by atoms with Crippen LogP contribution in [-0.2, 0) is 4.79 Å². The van der Waals surface area contributed by atoms with Gasteiger partial charge in [-0.05, 0) is 36.8 Å². The lowest BCUT2D eigenvalue weighted by atomic mass is 10.0. The summed E-state index contributed by atoms with van der Waals surface area (Å²) in [5.74, 6) is 0.511. The summed E-state index contributed by atoms with van der Waals surface area (Å²) in [7, 11) is 2.90. The largest absolute Gasteiger partial charge is 0.493 e. The molecule has 0 radical (unpaired) electrons. The number of methoxy groups -OCH3 is 2. The van der Waals surface area contributed by atoms with E-state index in [2.05, 4.69) is 5.32 Å². The lowest BCUT2D eigenvalue weighted by Crippen LogP contribution is -2.17. The number of ether oxygens (including phenoxy) is 2. The molecule has 2 unspecified atom stereocenters. The van der Waals surface area contributed by atoms with E-state index in [1.807, 2.05) is 0 Å². The summed E-state index contributed by atoms with van der Waals surface area (Å²) < 4.78 is 10.5. The third-order valence-corrected chi connectivity index (χ3v) is 4.94. The number of aromatic carboxylic acids is 1. The zero-order valence-electron chi connectivity index (χ0n) is 13.3. The minimum Gasteiger partial charge on any atom is -0.493 e. The number of fused-ring (bicyclic) bond motifs is 1. The molecular formula is C17H21NO5. The molecule has 0 saturated heterocycles. The third kappa shape index (κ3) is 2.85. The van der Waals surface area contributed by atoms with E-state index in [9.17, 15) is 14.7 Å². The van der Waals surface area contributed by atoms with Gasteiger partial charge in [-0.25, -0.2) is 4.79 Å². The van der Waals surface area contributed by atoms with Crippen molar-refractivity contribution in [3.05, 3.63) is 17.7 Å². The highest BCUT2D eigenvalue weighted by Gasteiger charge is 2.54. The van der Waals surface area contributed by atoms with Gasteiger partial charge < -0.3 is 19.9 Å². The minimum atomic E-state index is -1.08. The summed E-state index contributed by atoms with van der Waals surface area (Å²) in [5, 5.41) is 12.1. The summed E-state index contributed by atoms with van der Waals surface area (Å²) in [6, 6.07) is 2.79. The normalized spacial score (nSPS) is 25.2. The maximum absolute atomic E-state index is 12.5. The van der Waals surface area contributed by atoms with Crippen LogP contribution in [0.25, 0.3) is 0 Å². The fourth-order valence-corrected chi connectivity index (χ4v) is 3.78. The molecule has 3 rings (SSSR count). The van der Waals surface area contributed by atoms with Crippen LogP contribution in [0.2, 0.25) is 0 Å². The highest BCUT2D eigenvalue weighted by Crippen LogP contribution is 2.56. The van der Waals surface area contributed by atoms with Gasteiger partial charge in [0.1, 0.15) is 0 Å². The minimum absolute atomic E-state index is 0.0432. The first-order chi connectivity index (χ1) is 11.1. The average Bonchev–Trinajstić information content (AvgIpc) is 3.28. The zero-order valence-corrected chi connectivity index (χ0v) is 13.3. The molecule has 2 saturated carbocycles. The first-order valence-corrected chi connectivity index (χ1v) is 7.87. The summed E-state index contributed by atoms with van der Waals surface area (Å²) in [4.78, 5) is 23.8. The lowest BCUT2D eigenvalue weighted by molar-refractivity contribution is -0.117. The number of benzene rings is 1. The third-order valence-electron chi connectivity index (χ3n) is 4.94. The van der Waals surface area contributed by atoms with Gasteiger partial charge in [0.2, 0.25) is 5.91 Å². The topological polar surface area (TPSA) is 84.9 Å². The van der Waals surface area contributed by atoms with Crippen LogP contribution in [0.4, 0.5) is 5.69 Å². The van der Waals surface area contributed by atoms with E-state index in [4.69, 9.17) is 9.47 Å². The molecule has 2 fully saturated rings. The fourth-order valence-electron chi connectivity index (χ4n) is 3.78. The van der Waals surface area contributed by atoms with Gasteiger partial charge in [0.15, 0.2) is 11.5 Å². The van der Waals surface area contributed by atoms with Crippen LogP contribution in [-0.4, -0.2) is 31.2 Å². The Kier molecular flexibility index (Phi) is 4.15. The quantitative estimate of drug-likeness (QED) is 0.871. The second-order valence-corrected chi connectivity index (χ2v) is 6.19. The molecule has 0 aromatic heterocycles. The van der Waals surface area contributed by atoms with Crippen molar-refractivity contribution in [2.24, 2.45) is 17.8 Å². The zero-order chi connectivity index (χ0) is 16.6. The fraction of sp³-hybridized carbons (Fsp3) is 0.529. The number of anilines is 1. The first-order valence-electron chi connectivity index (χ1n) is 7.87. The highest BCUT2D eigenvalue weighted by molar-refractivity contribution is 5.99. The number of hydrogen-bond acceptors (Lipinski definition) is 4. The van der Waals surface area contributed by atoms with Gasteiger partial charge in [-0.2, -0.15) is 0 Å². The van der Waals surface area contributed by atoms with Crippen molar-refractivity contribution < 1.29 is 24.2 Å². The van der Waals surface area contributed by atoms with Gasteiger partial charge in [-0.15, -0.1) is 0 Å². The molecule has 2 aliphatic carbocycles. The second kappa shape index (κ2) is 6.10. The van der Waals surface area contributed by atoms with Crippen LogP contribution < -0.4 is 14.8 Å². The van der Waals surface area contributed by atoms with E-state index in [0.29, 0.717) is 23.3 Å².